The van der Waals surface area contributed by atoms with Gasteiger partial charge in [-0.2, -0.15) is 0 Å². The van der Waals surface area contributed by atoms with Crippen molar-refractivity contribution in [1.82, 2.24) is 0 Å². The molecule has 2 N–H and O–H groups in total. The Morgan fingerprint density at radius 3 is 2.19 bits per heavy atom. The first-order valence-corrected chi connectivity index (χ1v) is 8.36. The predicted molar refractivity (Wildman–Crippen MR) is 104 cm³/mol. The van der Waals surface area contributed by atoms with E-state index in [1.807, 2.05) is 6.92 Å². The zero-order valence-electron chi connectivity index (χ0n) is 14.8. The fourth-order valence-electron chi connectivity index (χ4n) is 2.41. The van der Waals surface area contributed by atoms with Crippen LogP contribution in [0.1, 0.15) is 19.4 Å². The summed E-state index contributed by atoms with van der Waals surface area (Å²) in [6, 6.07) is 11.9. The van der Waals surface area contributed by atoms with Crippen LogP contribution in [0.25, 0.3) is 0 Å². The third-order valence-electron chi connectivity index (χ3n) is 3.64. The highest BCUT2D eigenvalue weighted by Gasteiger charge is 2.16. The predicted octanol–water partition coefficient (Wildman–Crippen LogP) is 3.60. The van der Waals surface area contributed by atoms with E-state index in [-0.39, 0.29) is 24.3 Å². The summed E-state index contributed by atoms with van der Waals surface area (Å²) in [6.07, 6.45) is 0. The van der Waals surface area contributed by atoms with Gasteiger partial charge < -0.3 is 15.5 Å². The zero-order chi connectivity index (χ0) is 19.3. The van der Waals surface area contributed by atoms with Crippen LogP contribution in [0.15, 0.2) is 42.5 Å². The molecular formula is C19H20ClN3O3. The highest BCUT2D eigenvalue weighted by atomic mass is 35.5. The van der Waals surface area contributed by atoms with Crippen molar-refractivity contribution in [3.63, 3.8) is 0 Å². The standard InChI is InChI=1S/C19H20ClN3O3/c1-12-10-15(20)4-9-18(12)22-19(26)11-23(14(3)25)17-7-5-16(6-8-17)21-13(2)24/h4-10H,11H2,1-3H3,(H,21,24)(H,22,26). The van der Waals surface area contributed by atoms with Gasteiger partial charge in [-0.05, 0) is 55.0 Å². The fraction of sp³-hybridized carbons (Fsp3) is 0.211. The average molecular weight is 374 g/mol. The summed E-state index contributed by atoms with van der Waals surface area (Å²) in [5.74, 6) is -0.768. The lowest BCUT2D eigenvalue weighted by atomic mass is 10.2. The van der Waals surface area contributed by atoms with E-state index in [0.29, 0.717) is 22.1 Å². The molecule has 0 saturated carbocycles. The molecule has 3 amide bonds. The lowest BCUT2D eigenvalue weighted by Crippen LogP contribution is -2.36. The molecule has 0 spiro atoms. The fourth-order valence-corrected chi connectivity index (χ4v) is 2.64. The number of aryl methyl sites for hydroxylation is 1. The first-order chi connectivity index (χ1) is 12.3. The molecule has 0 saturated heterocycles. The van der Waals surface area contributed by atoms with Crippen molar-refractivity contribution in [2.24, 2.45) is 0 Å². The third-order valence-corrected chi connectivity index (χ3v) is 3.88. The first-order valence-electron chi connectivity index (χ1n) is 7.98. The second kappa shape index (κ2) is 8.49. The minimum Gasteiger partial charge on any atom is -0.326 e. The van der Waals surface area contributed by atoms with Crippen LogP contribution >= 0.6 is 11.6 Å². The van der Waals surface area contributed by atoms with Crippen molar-refractivity contribution in [3.05, 3.63) is 53.1 Å². The molecule has 6 nitrogen and oxygen atoms in total. The van der Waals surface area contributed by atoms with Gasteiger partial charge in [0.2, 0.25) is 17.7 Å². The second-order valence-electron chi connectivity index (χ2n) is 5.84. The molecule has 26 heavy (non-hydrogen) atoms. The number of carbonyl (C=O) groups excluding carboxylic acids is 3. The van der Waals surface area contributed by atoms with Gasteiger partial charge in [-0.15, -0.1) is 0 Å². The molecule has 0 aliphatic heterocycles. The molecule has 0 aliphatic carbocycles. The number of benzene rings is 2. The van der Waals surface area contributed by atoms with Gasteiger partial charge in [-0.1, -0.05) is 11.6 Å². The van der Waals surface area contributed by atoms with Gasteiger partial charge in [-0.25, -0.2) is 0 Å². The van der Waals surface area contributed by atoms with Crippen molar-refractivity contribution < 1.29 is 14.4 Å². The van der Waals surface area contributed by atoms with E-state index in [0.717, 1.165) is 5.56 Å². The number of amides is 3. The largest absolute Gasteiger partial charge is 0.326 e. The van der Waals surface area contributed by atoms with Crippen LogP contribution in [0.5, 0.6) is 0 Å². The lowest BCUT2D eigenvalue weighted by molar-refractivity contribution is -0.120. The second-order valence-corrected chi connectivity index (χ2v) is 6.28. The van der Waals surface area contributed by atoms with Gasteiger partial charge in [0, 0.05) is 35.9 Å². The Bertz CT molecular complexity index is 834. The molecule has 0 heterocycles. The van der Waals surface area contributed by atoms with Gasteiger partial charge >= 0.3 is 0 Å². The number of rotatable bonds is 5. The summed E-state index contributed by atoms with van der Waals surface area (Å²) in [5.41, 5.74) is 2.66. The summed E-state index contributed by atoms with van der Waals surface area (Å²) < 4.78 is 0. The van der Waals surface area contributed by atoms with Gasteiger partial charge in [0.1, 0.15) is 6.54 Å². The summed E-state index contributed by atoms with van der Waals surface area (Å²) in [5, 5.41) is 6.02. The number of anilines is 3. The molecule has 2 aromatic carbocycles. The van der Waals surface area contributed by atoms with E-state index >= 15 is 0 Å². The SMILES string of the molecule is CC(=O)Nc1ccc(N(CC(=O)Nc2ccc(Cl)cc2C)C(C)=O)cc1. The van der Waals surface area contributed by atoms with Crippen LogP contribution in [0, 0.1) is 6.92 Å². The molecule has 0 atom stereocenters. The third kappa shape index (κ3) is 5.32. The Kier molecular flexibility index (Phi) is 6.36. The van der Waals surface area contributed by atoms with Crippen LogP contribution in [-0.2, 0) is 14.4 Å². The molecule has 0 aromatic heterocycles. The highest BCUT2D eigenvalue weighted by Crippen LogP contribution is 2.21. The molecule has 0 aliphatic rings. The minimum absolute atomic E-state index is 0.128. The first kappa shape index (κ1) is 19.5. The molecule has 0 fully saturated rings. The lowest BCUT2D eigenvalue weighted by Gasteiger charge is -2.21. The quantitative estimate of drug-likeness (QED) is 0.840. The van der Waals surface area contributed by atoms with Gasteiger partial charge in [0.05, 0.1) is 0 Å². The monoisotopic (exact) mass is 373 g/mol. The molecular weight excluding hydrogens is 354 g/mol. The van der Waals surface area contributed by atoms with E-state index in [4.69, 9.17) is 11.6 Å². The average Bonchev–Trinajstić information content (AvgIpc) is 2.55. The Labute approximate surface area is 157 Å². The number of carbonyl (C=O) groups is 3. The zero-order valence-corrected chi connectivity index (χ0v) is 15.6. The van der Waals surface area contributed by atoms with E-state index < -0.39 is 0 Å². The summed E-state index contributed by atoms with van der Waals surface area (Å²) >= 11 is 5.91. The summed E-state index contributed by atoms with van der Waals surface area (Å²) in [6.45, 7) is 4.52. The van der Waals surface area contributed by atoms with Gasteiger partial charge in [0.25, 0.3) is 0 Å². The van der Waals surface area contributed by atoms with E-state index in [1.165, 1.54) is 18.7 Å². The Balaban J connectivity index is 2.11. The van der Waals surface area contributed by atoms with Gasteiger partial charge in [-0.3, -0.25) is 14.4 Å². The van der Waals surface area contributed by atoms with E-state index in [1.54, 1.807) is 42.5 Å². The van der Waals surface area contributed by atoms with Crippen LogP contribution in [0.4, 0.5) is 17.1 Å². The summed E-state index contributed by atoms with van der Waals surface area (Å²) in [4.78, 5) is 36.8. The number of nitrogens with zero attached hydrogens (tertiary/aromatic N) is 1. The molecule has 2 rings (SSSR count). The maximum absolute atomic E-state index is 12.4. The Hall–Kier alpha value is -2.86. The van der Waals surface area contributed by atoms with Crippen LogP contribution in [0.3, 0.4) is 0 Å². The number of nitrogens with one attached hydrogen (secondary N) is 2. The number of hydrogen-bond donors (Lipinski definition) is 2. The molecule has 0 unspecified atom stereocenters. The van der Waals surface area contributed by atoms with Crippen molar-refractivity contribution >= 4 is 46.4 Å². The topological polar surface area (TPSA) is 78.5 Å². The van der Waals surface area contributed by atoms with Crippen LogP contribution in [-0.4, -0.2) is 24.3 Å². The van der Waals surface area contributed by atoms with Crippen molar-refractivity contribution in [2.75, 3.05) is 22.1 Å². The van der Waals surface area contributed by atoms with Crippen molar-refractivity contribution in [1.29, 1.82) is 0 Å². The Morgan fingerprint density at radius 2 is 1.65 bits per heavy atom. The smallest absolute Gasteiger partial charge is 0.244 e. The molecule has 7 heteroatoms. The van der Waals surface area contributed by atoms with Crippen LogP contribution < -0.4 is 15.5 Å². The minimum atomic E-state index is -0.323. The summed E-state index contributed by atoms with van der Waals surface area (Å²) in [7, 11) is 0. The normalized spacial score (nSPS) is 10.2. The molecule has 0 bridgehead atoms. The maximum atomic E-state index is 12.4. The number of halogens is 1. The van der Waals surface area contributed by atoms with Gasteiger partial charge in [0.15, 0.2) is 0 Å². The van der Waals surface area contributed by atoms with Crippen molar-refractivity contribution in [3.8, 4) is 0 Å². The molecule has 136 valence electrons. The highest BCUT2D eigenvalue weighted by molar-refractivity contribution is 6.30. The van der Waals surface area contributed by atoms with Crippen molar-refractivity contribution in [2.45, 2.75) is 20.8 Å². The maximum Gasteiger partial charge on any atom is 0.244 e. The van der Waals surface area contributed by atoms with E-state index in [9.17, 15) is 14.4 Å². The van der Waals surface area contributed by atoms with Crippen LogP contribution in [0.2, 0.25) is 5.02 Å². The Morgan fingerprint density at radius 1 is 1.00 bits per heavy atom. The molecule has 2 aromatic rings. The number of hydrogen-bond acceptors (Lipinski definition) is 3. The van der Waals surface area contributed by atoms with E-state index in [2.05, 4.69) is 10.6 Å². The molecule has 0 radical (unpaired) electrons.